The minimum atomic E-state index is -4.28. The number of alkyl halides is 3. The third-order valence-electron chi connectivity index (χ3n) is 3.64. The molecule has 0 bridgehead atoms. The van der Waals surface area contributed by atoms with Crippen molar-refractivity contribution in [2.24, 2.45) is 11.7 Å². The zero-order valence-corrected chi connectivity index (χ0v) is 14.2. The zero-order valence-electron chi connectivity index (χ0n) is 12.6. The second kappa shape index (κ2) is 8.86. The van der Waals surface area contributed by atoms with Crippen LogP contribution < -0.4 is 11.1 Å². The molecule has 0 aromatic carbocycles. The predicted molar refractivity (Wildman–Crippen MR) is 86.6 cm³/mol. The van der Waals surface area contributed by atoms with Crippen LogP contribution in [0.25, 0.3) is 0 Å². The van der Waals surface area contributed by atoms with E-state index in [9.17, 15) is 18.0 Å². The molecule has 0 spiro atoms. The van der Waals surface area contributed by atoms with Crippen LogP contribution in [-0.2, 0) is 17.5 Å². The first-order valence-corrected chi connectivity index (χ1v) is 8.08. The number of thiophene rings is 1. The summed E-state index contributed by atoms with van der Waals surface area (Å²) in [6.07, 6.45) is -2.60. The van der Waals surface area contributed by atoms with E-state index in [1.807, 2.05) is 4.90 Å². The molecule has 1 fully saturated rings. The maximum atomic E-state index is 12.6. The molecule has 3 N–H and O–H groups in total. The van der Waals surface area contributed by atoms with Crippen LogP contribution in [0.1, 0.15) is 22.6 Å². The molecular weight excluding hydrogens is 351 g/mol. The summed E-state index contributed by atoms with van der Waals surface area (Å²) in [5.41, 5.74) is 5.36. The van der Waals surface area contributed by atoms with Crippen LogP contribution in [0.2, 0.25) is 0 Å². The number of halogens is 4. The smallest absolute Gasteiger partial charge is 0.355 e. The van der Waals surface area contributed by atoms with Gasteiger partial charge in [0.25, 0.3) is 0 Å². The number of likely N-dealkylation sites (tertiary alicyclic amines) is 1. The number of piperidine rings is 1. The van der Waals surface area contributed by atoms with Crippen LogP contribution in [0, 0.1) is 5.92 Å². The zero-order chi connectivity index (χ0) is 16.2. The van der Waals surface area contributed by atoms with E-state index >= 15 is 0 Å². The molecule has 1 aliphatic heterocycles. The topological polar surface area (TPSA) is 58.4 Å². The van der Waals surface area contributed by atoms with Crippen molar-refractivity contribution >= 4 is 29.7 Å². The molecule has 2 rings (SSSR count). The van der Waals surface area contributed by atoms with Crippen molar-refractivity contribution in [3.05, 3.63) is 21.9 Å². The number of carbonyl (C=O) groups excluding carboxylic acids is 1. The number of rotatable bonds is 5. The second-order valence-electron chi connectivity index (χ2n) is 5.42. The summed E-state index contributed by atoms with van der Waals surface area (Å²) >= 11 is 0.773. The van der Waals surface area contributed by atoms with Gasteiger partial charge in [0, 0.05) is 31.1 Å². The first-order chi connectivity index (χ1) is 10.4. The number of nitrogens with zero attached hydrogens (tertiary/aromatic N) is 1. The summed E-state index contributed by atoms with van der Waals surface area (Å²) in [5, 5.41) is 2.77. The van der Waals surface area contributed by atoms with E-state index < -0.39 is 11.1 Å². The number of amides is 1. The lowest BCUT2D eigenvalue weighted by molar-refractivity contribution is -0.134. The van der Waals surface area contributed by atoms with Gasteiger partial charge in [0.1, 0.15) is 4.88 Å². The molecule has 1 aromatic heterocycles. The first kappa shape index (κ1) is 20.2. The number of hydrogen-bond acceptors (Lipinski definition) is 4. The Morgan fingerprint density at radius 1 is 1.43 bits per heavy atom. The Hall–Kier alpha value is -0.830. The van der Waals surface area contributed by atoms with Crippen LogP contribution in [0.15, 0.2) is 12.1 Å². The summed E-state index contributed by atoms with van der Waals surface area (Å²) in [7, 11) is 0. The van der Waals surface area contributed by atoms with Gasteiger partial charge in [-0.2, -0.15) is 13.2 Å². The summed E-state index contributed by atoms with van der Waals surface area (Å²) in [6, 6.07) is 2.64. The van der Waals surface area contributed by atoms with Crippen molar-refractivity contribution in [1.82, 2.24) is 10.2 Å². The molecule has 0 radical (unpaired) electrons. The van der Waals surface area contributed by atoms with Crippen LogP contribution in [-0.4, -0.2) is 37.0 Å². The maximum absolute atomic E-state index is 12.6. The highest BCUT2D eigenvalue weighted by atomic mass is 35.5. The number of carbonyl (C=O) groups is 1. The highest BCUT2D eigenvalue weighted by Gasteiger charge is 2.33. The SMILES string of the molecule is Cl.NCCNC(=O)C1CCCN(Cc2ccc(C(F)(F)F)s2)C1. The molecule has 2 heterocycles. The molecular formula is C14H21ClF3N3OS. The molecule has 1 unspecified atom stereocenters. The molecule has 132 valence electrons. The van der Waals surface area contributed by atoms with E-state index in [-0.39, 0.29) is 24.2 Å². The molecule has 0 aliphatic carbocycles. The van der Waals surface area contributed by atoms with E-state index in [0.717, 1.165) is 36.8 Å². The highest BCUT2D eigenvalue weighted by Crippen LogP contribution is 2.35. The van der Waals surface area contributed by atoms with E-state index in [1.165, 1.54) is 6.07 Å². The van der Waals surface area contributed by atoms with Crippen LogP contribution in [0.4, 0.5) is 13.2 Å². The van der Waals surface area contributed by atoms with Crippen molar-refractivity contribution in [2.75, 3.05) is 26.2 Å². The van der Waals surface area contributed by atoms with Crippen molar-refractivity contribution in [3.63, 3.8) is 0 Å². The minimum Gasteiger partial charge on any atom is -0.355 e. The third kappa shape index (κ3) is 5.95. The summed E-state index contributed by atoms with van der Waals surface area (Å²) in [4.78, 5) is 14.1. The van der Waals surface area contributed by atoms with Gasteiger partial charge in [-0.1, -0.05) is 0 Å². The van der Waals surface area contributed by atoms with Gasteiger partial charge in [-0.3, -0.25) is 9.69 Å². The highest BCUT2D eigenvalue weighted by molar-refractivity contribution is 7.12. The molecule has 1 aliphatic rings. The standard InChI is InChI=1S/C14H20F3N3OS.ClH/c15-14(16,17)12-4-3-11(22-12)9-20-7-1-2-10(8-20)13(21)19-6-5-18;/h3-4,10H,1-2,5-9,18H2,(H,19,21);1H. The molecule has 1 aromatic rings. The van der Waals surface area contributed by atoms with Crippen LogP contribution >= 0.6 is 23.7 Å². The number of hydrogen-bond donors (Lipinski definition) is 2. The largest absolute Gasteiger partial charge is 0.425 e. The molecule has 1 amide bonds. The van der Waals surface area contributed by atoms with Gasteiger partial charge in [-0.15, -0.1) is 23.7 Å². The quantitative estimate of drug-likeness (QED) is 0.836. The lowest BCUT2D eigenvalue weighted by Gasteiger charge is -2.31. The average molecular weight is 372 g/mol. The lowest BCUT2D eigenvalue weighted by atomic mass is 9.97. The molecule has 9 heteroatoms. The van der Waals surface area contributed by atoms with Crippen molar-refractivity contribution in [2.45, 2.75) is 25.6 Å². The monoisotopic (exact) mass is 371 g/mol. The predicted octanol–water partition coefficient (Wildman–Crippen LogP) is 2.48. The second-order valence-corrected chi connectivity index (χ2v) is 6.59. The Labute approximate surface area is 143 Å². The normalized spacial score (nSPS) is 19.2. The summed E-state index contributed by atoms with van der Waals surface area (Å²) in [6.45, 7) is 2.70. The first-order valence-electron chi connectivity index (χ1n) is 7.26. The van der Waals surface area contributed by atoms with Gasteiger partial charge >= 0.3 is 6.18 Å². The van der Waals surface area contributed by atoms with Gasteiger partial charge in [0.05, 0.1) is 5.92 Å². The molecule has 4 nitrogen and oxygen atoms in total. The number of nitrogens with two attached hydrogens (primary N) is 1. The van der Waals surface area contributed by atoms with E-state index in [2.05, 4.69) is 5.32 Å². The summed E-state index contributed by atoms with van der Waals surface area (Å²) in [5.74, 6) is -0.125. The van der Waals surface area contributed by atoms with E-state index in [1.54, 1.807) is 0 Å². The maximum Gasteiger partial charge on any atom is 0.425 e. The Balaban J connectivity index is 0.00000264. The van der Waals surface area contributed by atoms with Gasteiger partial charge in [-0.25, -0.2) is 0 Å². The molecule has 1 atom stereocenters. The summed E-state index contributed by atoms with van der Waals surface area (Å²) < 4.78 is 37.8. The fraction of sp³-hybridized carbons (Fsp3) is 0.643. The fourth-order valence-corrected chi connectivity index (χ4v) is 3.51. The average Bonchev–Trinajstić information content (AvgIpc) is 2.93. The van der Waals surface area contributed by atoms with E-state index in [0.29, 0.717) is 31.1 Å². The van der Waals surface area contributed by atoms with Gasteiger partial charge in [-0.05, 0) is 31.5 Å². The number of nitrogens with one attached hydrogen (secondary N) is 1. The van der Waals surface area contributed by atoms with Crippen LogP contribution in [0.3, 0.4) is 0 Å². The van der Waals surface area contributed by atoms with Gasteiger partial charge in [0.2, 0.25) is 5.91 Å². The minimum absolute atomic E-state index is 0. The van der Waals surface area contributed by atoms with Crippen LogP contribution in [0.5, 0.6) is 0 Å². The Kier molecular flexibility index (Phi) is 7.79. The van der Waals surface area contributed by atoms with Crippen molar-refractivity contribution in [3.8, 4) is 0 Å². The van der Waals surface area contributed by atoms with Gasteiger partial charge in [0.15, 0.2) is 0 Å². The Bertz CT molecular complexity index is 510. The molecule has 23 heavy (non-hydrogen) atoms. The lowest BCUT2D eigenvalue weighted by Crippen LogP contribution is -2.43. The molecule has 1 saturated heterocycles. The van der Waals surface area contributed by atoms with Crippen molar-refractivity contribution < 1.29 is 18.0 Å². The molecule has 0 saturated carbocycles. The Morgan fingerprint density at radius 2 is 2.17 bits per heavy atom. The fourth-order valence-electron chi connectivity index (χ4n) is 2.59. The Morgan fingerprint density at radius 3 is 2.78 bits per heavy atom. The van der Waals surface area contributed by atoms with E-state index in [4.69, 9.17) is 5.73 Å². The van der Waals surface area contributed by atoms with Gasteiger partial charge < -0.3 is 11.1 Å². The third-order valence-corrected chi connectivity index (χ3v) is 4.76. The van der Waals surface area contributed by atoms with Crippen molar-refractivity contribution in [1.29, 1.82) is 0 Å².